The Morgan fingerprint density at radius 3 is 2.85 bits per heavy atom. The molecule has 0 radical (unpaired) electrons. The summed E-state index contributed by atoms with van der Waals surface area (Å²) in [5, 5.41) is 9.23. The summed E-state index contributed by atoms with van der Waals surface area (Å²) < 4.78 is 4.85. The first kappa shape index (κ1) is 9.98. The van der Waals surface area contributed by atoms with E-state index >= 15 is 0 Å². The predicted octanol–water partition coefficient (Wildman–Crippen LogP) is 1.68. The molecule has 5 heteroatoms. The number of ether oxygens (including phenoxy) is 1. The lowest BCUT2D eigenvalue weighted by Crippen LogP contribution is -2.00. The van der Waals surface area contributed by atoms with Crippen LogP contribution in [0.4, 0.5) is 0 Å². The Morgan fingerprint density at radius 1 is 1.69 bits per heavy atom. The number of hydrogen-bond acceptors (Lipinski definition) is 3. The standard InChI is InChI=1S/C8H8BrNO3/c1-13-7-3-5(8(11)12)2-6(4-9)10-7/h2-3H,4H2,1H3,(H,11,12). The van der Waals surface area contributed by atoms with Crippen LogP contribution in [0.15, 0.2) is 12.1 Å². The van der Waals surface area contributed by atoms with Gasteiger partial charge in [0.15, 0.2) is 0 Å². The largest absolute Gasteiger partial charge is 0.481 e. The van der Waals surface area contributed by atoms with Crippen LogP contribution < -0.4 is 4.74 Å². The van der Waals surface area contributed by atoms with E-state index in [9.17, 15) is 4.79 Å². The number of methoxy groups -OCH3 is 1. The summed E-state index contributed by atoms with van der Waals surface area (Å²) in [6.45, 7) is 0. The minimum absolute atomic E-state index is 0.182. The average Bonchev–Trinajstić information content (AvgIpc) is 2.16. The normalized spacial score (nSPS) is 9.69. The van der Waals surface area contributed by atoms with Gasteiger partial charge in [0.2, 0.25) is 5.88 Å². The first-order valence-electron chi connectivity index (χ1n) is 3.51. The molecular formula is C8H8BrNO3. The van der Waals surface area contributed by atoms with Crippen molar-refractivity contribution in [3.8, 4) is 5.88 Å². The molecule has 1 N–H and O–H groups in total. The molecule has 70 valence electrons. The second-order valence-electron chi connectivity index (χ2n) is 2.33. The van der Waals surface area contributed by atoms with Crippen LogP contribution in [0, 0.1) is 0 Å². The summed E-state index contributed by atoms with van der Waals surface area (Å²) in [6.07, 6.45) is 0. The summed E-state index contributed by atoms with van der Waals surface area (Å²) in [7, 11) is 1.45. The zero-order valence-electron chi connectivity index (χ0n) is 6.95. The maximum atomic E-state index is 10.6. The molecule has 13 heavy (non-hydrogen) atoms. The molecule has 0 saturated heterocycles. The highest BCUT2D eigenvalue weighted by Gasteiger charge is 2.07. The number of aromatic carboxylic acids is 1. The quantitative estimate of drug-likeness (QED) is 0.824. The first-order chi connectivity index (χ1) is 6.17. The third kappa shape index (κ3) is 2.42. The lowest BCUT2D eigenvalue weighted by Gasteiger charge is -2.02. The van der Waals surface area contributed by atoms with Gasteiger partial charge in [-0.2, -0.15) is 0 Å². The Balaban J connectivity index is 3.14. The van der Waals surface area contributed by atoms with E-state index in [1.165, 1.54) is 19.2 Å². The number of aromatic nitrogens is 1. The Kier molecular flexibility index (Phi) is 3.25. The smallest absolute Gasteiger partial charge is 0.335 e. The van der Waals surface area contributed by atoms with Crippen molar-refractivity contribution in [1.82, 2.24) is 4.98 Å². The number of hydrogen-bond donors (Lipinski definition) is 1. The van der Waals surface area contributed by atoms with Gasteiger partial charge >= 0.3 is 5.97 Å². The van der Waals surface area contributed by atoms with E-state index in [0.717, 1.165) is 0 Å². The molecule has 0 atom stereocenters. The van der Waals surface area contributed by atoms with Crippen molar-refractivity contribution in [3.05, 3.63) is 23.4 Å². The van der Waals surface area contributed by atoms with Crippen LogP contribution >= 0.6 is 15.9 Å². The van der Waals surface area contributed by atoms with Crippen molar-refractivity contribution in [2.24, 2.45) is 0 Å². The van der Waals surface area contributed by atoms with Crippen molar-refractivity contribution >= 4 is 21.9 Å². The van der Waals surface area contributed by atoms with E-state index in [2.05, 4.69) is 20.9 Å². The lowest BCUT2D eigenvalue weighted by molar-refractivity contribution is 0.0696. The van der Waals surface area contributed by atoms with Gasteiger partial charge in [-0.25, -0.2) is 9.78 Å². The molecule has 0 aliphatic heterocycles. The van der Waals surface area contributed by atoms with Gasteiger partial charge in [0, 0.05) is 11.4 Å². The van der Waals surface area contributed by atoms with Crippen molar-refractivity contribution in [2.75, 3.05) is 7.11 Å². The van der Waals surface area contributed by atoms with Crippen molar-refractivity contribution in [1.29, 1.82) is 0 Å². The minimum Gasteiger partial charge on any atom is -0.481 e. The number of carbonyl (C=O) groups is 1. The van der Waals surface area contributed by atoms with E-state index in [1.807, 2.05) is 0 Å². The van der Waals surface area contributed by atoms with Crippen molar-refractivity contribution < 1.29 is 14.6 Å². The molecule has 1 rings (SSSR count). The van der Waals surface area contributed by atoms with Crippen LogP contribution in [0.2, 0.25) is 0 Å². The number of carboxylic acids is 1. The number of nitrogens with zero attached hydrogens (tertiary/aromatic N) is 1. The van der Waals surface area contributed by atoms with E-state index in [1.54, 1.807) is 0 Å². The minimum atomic E-state index is -0.983. The molecule has 0 saturated carbocycles. The molecular weight excluding hydrogens is 238 g/mol. The maximum Gasteiger partial charge on any atom is 0.335 e. The Morgan fingerprint density at radius 2 is 2.38 bits per heavy atom. The Labute approximate surface area is 83.7 Å². The molecule has 1 aromatic heterocycles. The second-order valence-corrected chi connectivity index (χ2v) is 2.89. The van der Waals surface area contributed by atoms with Crippen LogP contribution in [0.1, 0.15) is 16.1 Å². The van der Waals surface area contributed by atoms with Gasteiger partial charge in [-0.05, 0) is 6.07 Å². The third-order valence-electron chi connectivity index (χ3n) is 1.45. The molecule has 0 unspecified atom stereocenters. The summed E-state index contributed by atoms with van der Waals surface area (Å²) in [5.74, 6) is -0.669. The first-order valence-corrected chi connectivity index (χ1v) is 4.63. The fraction of sp³-hybridized carbons (Fsp3) is 0.250. The van der Waals surface area contributed by atoms with E-state index in [-0.39, 0.29) is 5.56 Å². The molecule has 0 aliphatic rings. The average molecular weight is 246 g/mol. The van der Waals surface area contributed by atoms with Crippen LogP contribution in [0.25, 0.3) is 0 Å². The fourth-order valence-electron chi connectivity index (χ4n) is 0.857. The van der Waals surface area contributed by atoms with Crippen LogP contribution in [-0.4, -0.2) is 23.2 Å². The Bertz CT molecular complexity index is 305. The highest BCUT2D eigenvalue weighted by molar-refractivity contribution is 9.08. The van der Waals surface area contributed by atoms with Gasteiger partial charge in [0.25, 0.3) is 0 Å². The van der Waals surface area contributed by atoms with Crippen LogP contribution in [-0.2, 0) is 5.33 Å². The molecule has 0 fully saturated rings. The Hall–Kier alpha value is -1.10. The highest BCUT2D eigenvalue weighted by Crippen LogP contribution is 2.14. The summed E-state index contributed by atoms with van der Waals surface area (Å²) in [4.78, 5) is 14.7. The summed E-state index contributed by atoms with van der Waals surface area (Å²) >= 11 is 3.19. The monoisotopic (exact) mass is 245 g/mol. The fourth-order valence-corrected chi connectivity index (χ4v) is 1.14. The predicted molar refractivity (Wildman–Crippen MR) is 50.4 cm³/mol. The van der Waals surface area contributed by atoms with Gasteiger partial charge in [-0.3, -0.25) is 0 Å². The van der Waals surface area contributed by atoms with E-state index in [4.69, 9.17) is 9.84 Å². The lowest BCUT2D eigenvalue weighted by atomic mass is 10.2. The molecule has 1 aromatic rings. The molecule has 0 amide bonds. The van der Waals surface area contributed by atoms with Crippen molar-refractivity contribution in [3.63, 3.8) is 0 Å². The van der Waals surface area contributed by atoms with Gasteiger partial charge in [0.1, 0.15) is 0 Å². The molecule has 4 nitrogen and oxygen atoms in total. The number of alkyl halides is 1. The maximum absolute atomic E-state index is 10.6. The number of carboxylic acid groups (broad SMARTS) is 1. The van der Waals surface area contributed by atoms with Gasteiger partial charge in [-0.15, -0.1) is 0 Å². The molecule has 0 spiro atoms. The van der Waals surface area contributed by atoms with Gasteiger partial charge in [0.05, 0.1) is 18.4 Å². The highest BCUT2D eigenvalue weighted by atomic mass is 79.9. The summed E-state index contributed by atoms with van der Waals surface area (Å²) in [5.41, 5.74) is 0.818. The zero-order chi connectivity index (χ0) is 9.84. The second kappa shape index (κ2) is 4.23. The summed E-state index contributed by atoms with van der Waals surface area (Å²) in [6, 6.07) is 2.88. The van der Waals surface area contributed by atoms with Gasteiger partial charge < -0.3 is 9.84 Å². The van der Waals surface area contributed by atoms with Crippen LogP contribution in [0.3, 0.4) is 0 Å². The van der Waals surface area contributed by atoms with E-state index in [0.29, 0.717) is 16.9 Å². The number of rotatable bonds is 3. The SMILES string of the molecule is COc1cc(C(=O)O)cc(CBr)n1. The van der Waals surface area contributed by atoms with Crippen molar-refractivity contribution in [2.45, 2.75) is 5.33 Å². The topological polar surface area (TPSA) is 59.4 Å². The number of pyridine rings is 1. The molecule has 1 heterocycles. The van der Waals surface area contributed by atoms with E-state index < -0.39 is 5.97 Å². The third-order valence-corrected chi connectivity index (χ3v) is 2.02. The molecule has 0 aromatic carbocycles. The van der Waals surface area contributed by atoms with Crippen LogP contribution in [0.5, 0.6) is 5.88 Å². The number of halogens is 1. The van der Waals surface area contributed by atoms with Gasteiger partial charge in [-0.1, -0.05) is 15.9 Å². The molecule has 0 bridgehead atoms. The zero-order valence-corrected chi connectivity index (χ0v) is 8.54. The molecule has 0 aliphatic carbocycles.